The molecule has 0 saturated carbocycles. The zero-order valence-electron chi connectivity index (χ0n) is 15.3. The number of hydrogen-bond acceptors (Lipinski definition) is 5. The average molecular weight is 364 g/mol. The van der Waals surface area contributed by atoms with Crippen LogP contribution in [0.25, 0.3) is 11.0 Å². The molecule has 8 heteroatoms. The van der Waals surface area contributed by atoms with E-state index < -0.39 is 11.2 Å². The molecule has 0 radical (unpaired) electrons. The molecule has 2 aromatic heterocycles. The highest BCUT2D eigenvalue weighted by atomic mass is 16.2. The highest BCUT2D eigenvalue weighted by molar-refractivity contribution is 5.74. The van der Waals surface area contributed by atoms with Gasteiger partial charge in [0.2, 0.25) is 0 Å². The Bertz CT molecular complexity index is 1150. The molecule has 1 saturated heterocycles. The molecule has 138 valence electrons. The lowest BCUT2D eigenvalue weighted by Crippen LogP contribution is -2.45. The number of nitrogens with one attached hydrogen (secondary N) is 1. The molecule has 0 aliphatic carbocycles. The number of nitrogens with zero attached hydrogens (tertiary/aromatic N) is 5. The van der Waals surface area contributed by atoms with Gasteiger partial charge in [-0.05, 0) is 25.0 Å². The number of H-pyrrole nitrogens is 1. The number of aromatic amines is 1. The Morgan fingerprint density at radius 3 is 2.74 bits per heavy atom. The van der Waals surface area contributed by atoms with E-state index in [0.717, 1.165) is 34.3 Å². The summed E-state index contributed by atoms with van der Waals surface area (Å²) in [4.78, 5) is 34.8. The summed E-state index contributed by atoms with van der Waals surface area (Å²) in [6, 6.07) is 9.86. The topological polar surface area (TPSA) is 99.7 Å². The van der Waals surface area contributed by atoms with Crippen LogP contribution in [0, 0.1) is 11.3 Å². The van der Waals surface area contributed by atoms with Gasteiger partial charge in [-0.2, -0.15) is 5.26 Å². The monoisotopic (exact) mass is 364 g/mol. The van der Waals surface area contributed by atoms with Crippen LogP contribution < -0.4 is 16.1 Å². The summed E-state index contributed by atoms with van der Waals surface area (Å²) in [5, 5.41) is 9.52. The normalized spacial score (nSPS) is 17.2. The summed E-state index contributed by atoms with van der Waals surface area (Å²) in [5.74, 6) is 1.43. The van der Waals surface area contributed by atoms with Crippen molar-refractivity contribution in [3.63, 3.8) is 0 Å². The summed E-state index contributed by atoms with van der Waals surface area (Å²) < 4.78 is 2.36. The van der Waals surface area contributed by atoms with Gasteiger partial charge in [0.25, 0.3) is 5.56 Å². The lowest BCUT2D eigenvalue weighted by molar-refractivity contribution is 0.484. The quantitative estimate of drug-likeness (QED) is 0.737. The van der Waals surface area contributed by atoms with Crippen molar-refractivity contribution in [2.45, 2.75) is 18.8 Å². The first-order chi connectivity index (χ1) is 13.0. The Morgan fingerprint density at radius 1 is 1.22 bits per heavy atom. The molecule has 3 aromatic rings. The smallest absolute Gasteiger partial charge is 0.332 e. The van der Waals surface area contributed by atoms with Gasteiger partial charge in [0.05, 0.1) is 11.0 Å². The first kappa shape index (κ1) is 17.1. The van der Waals surface area contributed by atoms with E-state index in [0.29, 0.717) is 18.9 Å². The molecule has 1 aliphatic rings. The second-order valence-electron chi connectivity index (χ2n) is 6.94. The Balaban J connectivity index is 1.75. The van der Waals surface area contributed by atoms with E-state index in [-0.39, 0.29) is 11.5 Å². The highest BCUT2D eigenvalue weighted by Crippen LogP contribution is 2.29. The molecule has 27 heavy (non-hydrogen) atoms. The van der Waals surface area contributed by atoms with Crippen LogP contribution in [-0.2, 0) is 14.1 Å². The Morgan fingerprint density at radius 2 is 2.00 bits per heavy atom. The molecule has 1 atom stereocenters. The number of imidazole rings is 1. The molecular weight excluding hydrogens is 344 g/mol. The molecule has 0 spiro atoms. The fourth-order valence-corrected chi connectivity index (χ4v) is 3.86. The summed E-state index contributed by atoms with van der Waals surface area (Å²) in [5.41, 5.74) is 0.929. The van der Waals surface area contributed by atoms with Gasteiger partial charge in [0, 0.05) is 33.1 Å². The van der Waals surface area contributed by atoms with E-state index in [4.69, 9.17) is 4.98 Å². The van der Waals surface area contributed by atoms with Crippen molar-refractivity contribution in [1.29, 1.82) is 5.26 Å². The number of piperidine rings is 1. The minimum Gasteiger partial charge on any atom is -0.356 e. The van der Waals surface area contributed by atoms with Gasteiger partial charge < -0.3 is 9.88 Å². The Hall–Kier alpha value is -3.34. The van der Waals surface area contributed by atoms with Crippen molar-refractivity contribution in [2.75, 3.05) is 18.0 Å². The van der Waals surface area contributed by atoms with Gasteiger partial charge in [-0.1, -0.05) is 12.1 Å². The largest absolute Gasteiger partial charge is 0.356 e. The molecule has 0 bridgehead atoms. The molecule has 1 aromatic carbocycles. The summed E-state index contributed by atoms with van der Waals surface area (Å²) in [6.07, 6.45) is 1.84. The lowest BCUT2D eigenvalue weighted by atomic mass is 9.97. The Labute approximate surface area is 155 Å². The molecule has 0 amide bonds. The predicted octanol–water partition coefficient (Wildman–Crippen LogP) is 1.22. The minimum atomic E-state index is -0.554. The zero-order valence-corrected chi connectivity index (χ0v) is 15.3. The highest BCUT2D eigenvalue weighted by Gasteiger charge is 2.28. The SMILES string of the molecule is Cn1c(N2CCCC(c3nc4ccccc4[nH]3)C2)c(C#N)c(=O)n(C)c1=O. The number of rotatable bonds is 2. The van der Waals surface area contributed by atoms with E-state index in [1.165, 1.54) is 11.6 Å². The van der Waals surface area contributed by atoms with Crippen molar-refractivity contribution in [3.05, 3.63) is 56.5 Å². The van der Waals surface area contributed by atoms with Crippen LogP contribution in [0.15, 0.2) is 33.9 Å². The molecule has 8 nitrogen and oxygen atoms in total. The number of aromatic nitrogens is 4. The second kappa shape index (κ2) is 6.43. The molecule has 1 N–H and O–H groups in total. The average Bonchev–Trinajstić information content (AvgIpc) is 3.13. The maximum atomic E-state index is 12.4. The van der Waals surface area contributed by atoms with Crippen LogP contribution in [0.5, 0.6) is 0 Å². The zero-order chi connectivity index (χ0) is 19.1. The van der Waals surface area contributed by atoms with Crippen molar-refractivity contribution in [2.24, 2.45) is 14.1 Å². The maximum Gasteiger partial charge on any atom is 0.332 e. The number of para-hydroxylation sites is 2. The fraction of sp³-hybridized carbons (Fsp3) is 0.368. The molecule has 1 fully saturated rings. The Kier molecular flexibility index (Phi) is 4.07. The third-order valence-electron chi connectivity index (χ3n) is 5.26. The third-order valence-corrected chi connectivity index (χ3v) is 5.26. The summed E-state index contributed by atoms with van der Waals surface area (Å²) in [6.45, 7) is 1.28. The van der Waals surface area contributed by atoms with E-state index in [9.17, 15) is 14.9 Å². The maximum absolute atomic E-state index is 12.4. The summed E-state index contributed by atoms with van der Waals surface area (Å²) >= 11 is 0. The molecule has 1 aliphatic heterocycles. The van der Waals surface area contributed by atoms with Crippen LogP contribution in [-0.4, -0.2) is 32.2 Å². The van der Waals surface area contributed by atoms with Crippen molar-refractivity contribution < 1.29 is 0 Å². The van der Waals surface area contributed by atoms with Crippen molar-refractivity contribution >= 4 is 16.9 Å². The number of benzene rings is 1. The van der Waals surface area contributed by atoms with Crippen molar-refractivity contribution in [1.82, 2.24) is 19.1 Å². The standard InChI is InChI=1S/C19H20N6O2/c1-23-17(13(10-20)18(26)24(2)19(23)27)25-9-5-6-12(11-25)16-21-14-7-3-4-8-15(14)22-16/h3-4,7-8,12H,5-6,9,11H2,1-2H3,(H,21,22). The first-order valence-electron chi connectivity index (χ1n) is 8.91. The number of fused-ring (bicyclic) bond motifs is 1. The minimum absolute atomic E-state index is 0.00450. The van der Waals surface area contributed by atoms with Crippen LogP contribution in [0.1, 0.15) is 30.1 Å². The van der Waals surface area contributed by atoms with Crippen LogP contribution in [0.3, 0.4) is 0 Å². The van der Waals surface area contributed by atoms with Gasteiger partial charge >= 0.3 is 5.69 Å². The van der Waals surface area contributed by atoms with Crippen LogP contribution in [0.2, 0.25) is 0 Å². The fourth-order valence-electron chi connectivity index (χ4n) is 3.86. The van der Waals surface area contributed by atoms with E-state index >= 15 is 0 Å². The van der Waals surface area contributed by atoms with E-state index in [2.05, 4.69) is 4.98 Å². The molecule has 4 rings (SSSR count). The number of anilines is 1. The van der Waals surface area contributed by atoms with E-state index in [1.807, 2.05) is 35.2 Å². The second-order valence-corrected chi connectivity index (χ2v) is 6.94. The van der Waals surface area contributed by atoms with E-state index in [1.54, 1.807) is 7.05 Å². The van der Waals surface area contributed by atoms with Gasteiger partial charge in [-0.15, -0.1) is 0 Å². The van der Waals surface area contributed by atoms with Gasteiger partial charge in [-0.25, -0.2) is 9.78 Å². The molecule has 3 heterocycles. The molecule has 1 unspecified atom stereocenters. The molecular formula is C19H20N6O2. The van der Waals surface area contributed by atoms with Gasteiger partial charge in [0.15, 0.2) is 5.56 Å². The summed E-state index contributed by atoms with van der Waals surface area (Å²) in [7, 11) is 2.99. The number of nitriles is 1. The third kappa shape index (κ3) is 2.72. The van der Waals surface area contributed by atoms with Crippen LogP contribution in [0.4, 0.5) is 5.82 Å². The van der Waals surface area contributed by atoms with Crippen LogP contribution >= 0.6 is 0 Å². The first-order valence-corrected chi connectivity index (χ1v) is 8.91. The number of hydrogen-bond donors (Lipinski definition) is 1. The van der Waals surface area contributed by atoms with Gasteiger partial charge in [-0.3, -0.25) is 13.9 Å². The lowest BCUT2D eigenvalue weighted by Gasteiger charge is -2.34. The predicted molar refractivity (Wildman–Crippen MR) is 102 cm³/mol. The van der Waals surface area contributed by atoms with Crippen molar-refractivity contribution in [3.8, 4) is 6.07 Å². The van der Waals surface area contributed by atoms with Gasteiger partial charge in [0.1, 0.15) is 17.7 Å².